The number of aromatic nitrogens is 1. The van der Waals surface area contributed by atoms with Gasteiger partial charge in [-0.1, -0.05) is 32.3 Å². The standard InChI is InChI=1S/C24H37NO2/c1-15-8-10-23(2)16(12-15)4-5-18-19-6-7-21(22-13-17(14-26)27-25-22)24(19,3)11-9-20(18)23/h13,15-16,18-21,26H,4-12,14H2,1-3H3. The van der Waals surface area contributed by atoms with Crippen LogP contribution in [0.2, 0.25) is 0 Å². The molecule has 8 unspecified atom stereocenters. The van der Waals surface area contributed by atoms with E-state index >= 15 is 0 Å². The molecule has 8 atom stereocenters. The molecule has 0 radical (unpaired) electrons. The number of rotatable bonds is 2. The average molecular weight is 372 g/mol. The van der Waals surface area contributed by atoms with E-state index in [1.54, 1.807) is 0 Å². The summed E-state index contributed by atoms with van der Waals surface area (Å²) in [5, 5.41) is 13.7. The van der Waals surface area contributed by atoms with Gasteiger partial charge >= 0.3 is 0 Å². The average Bonchev–Trinajstić information content (AvgIpc) is 3.25. The molecule has 0 amide bonds. The van der Waals surface area contributed by atoms with Crippen LogP contribution >= 0.6 is 0 Å². The molecule has 5 rings (SSSR count). The minimum atomic E-state index is -0.0390. The predicted molar refractivity (Wildman–Crippen MR) is 106 cm³/mol. The largest absolute Gasteiger partial charge is 0.388 e. The summed E-state index contributed by atoms with van der Waals surface area (Å²) in [6.45, 7) is 7.66. The number of aliphatic hydroxyl groups is 1. The molecule has 1 aromatic rings. The van der Waals surface area contributed by atoms with Gasteiger partial charge < -0.3 is 9.63 Å². The van der Waals surface area contributed by atoms with Gasteiger partial charge in [0.1, 0.15) is 6.61 Å². The van der Waals surface area contributed by atoms with Gasteiger partial charge in [0.25, 0.3) is 0 Å². The number of fused-ring (bicyclic) bond motifs is 5. The maximum Gasteiger partial charge on any atom is 0.162 e. The van der Waals surface area contributed by atoms with E-state index in [9.17, 15) is 5.11 Å². The zero-order chi connectivity index (χ0) is 18.8. The van der Waals surface area contributed by atoms with Crippen molar-refractivity contribution in [1.29, 1.82) is 0 Å². The molecule has 1 N–H and O–H groups in total. The van der Waals surface area contributed by atoms with Gasteiger partial charge in [0, 0.05) is 12.0 Å². The Morgan fingerprint density at radius 1 is 1.04 bits per heavy atom. The van der Waals surface area contributed by atoms with E-state index in [4.69, 9.17) is 4.52 Å². The fourth-order valence-corrected chi connectivity index (χ4v) is 8.53. The molecule has 4 fully saturated rings. The summed E-state index contributed by atoms with van der Waals surface area (Å²) >= 11 is 0. The summed E-state index contributed by atoms with van der Waals surface area (Å²) in [6, 6.07) is 2.02. The second kappa shape index (κ2) is 6.34. The summed E-state index contributed by atoms with van der Waals surface area (Å²) in [4.78, 5) is 0. The first-order valence-electron chi connectivity index (χ1n) is 11.5. The van der Waals surface area contributed by atoms with Crippen LogP contribution in [0.25, 0.3) is 0 Å². The molecule has 0 spiro atoms. The first-order chi connectivity index (χ1) is 13.0. The molecule has 0 saturated heterocycles. The minimum Gasteiger partial charge on any atom is -0.388 e. The third-order valence-electron chi connectivity index (χ3n) is 10.0. The van der Waals surface area contributed by atoms with Crippen molar-refractivity contribution in [3.8, 4) is 0 Å². The van der Waals surface area contributed by atoms with E-state index in [-0.39, 0.29) is 6.61 Å². The number of aliphatic hydroxyl groups excluding tert-OH is 1. The van der Waals surface area contributed by atoms with E-state index in [2.05, 4.69) is 25.9 Å². The van der Waals surface area contributed by atoms with Gasteiger partial charge in [-0.2, -0.15) is 0 Å². The summed E-state index contributed by atoms with van der Waals surface area (Å²) in [5.41, 5.74) is 2.08. The zero-order valence-electron chi connectivity index (χ0n) is 17.4. The summed E-state index contributed by atoms with van der Waals surface area (Å²) in [7, 11) is 0. The Kier molecular flexibility index (Phi) is 4.28. The highest BCUT2D eigenvalue weighted by Crippen LogP contribution is 2.69. The molecular weight excluding hydrogens is 334 g/mol. The fraction of sp³-hybridized carbons (Fsp3) is 0.875. The topological polar surface area (TPSA) is 46.3 Å². The smallest absolute Gasteiger partial charge is 0.162 e. The molecule has 0 aromatic carbocycles. The minimum absolute atomic E-state index is 0.0390. The van der Waals surface area contributed by atoms with E-state index < -0.39 is 0 Å². The molecular formula is C24H37NO2. The van der Waals surface area contributed by atoms with Crippen LogP contribution in [-0.4, -0.2) is 10.3 Å². The van der Waals surface area contributed by atoms with Gasteiger partial charge in [-0.25, -0.2) is 0 Å². The Hall–Kier alpha value is -0.830. The highest BCUT2D eigenvalue weighted by Gasteiger charge is 2.60. The second-order valence-corrected chi connectivity index (χ2v) is 11.1. The lowest BCUT2D eigenvalue weighted by atomic mass is 9.44. The summed E-state index contributed by atoms with van der Waals surface area (Å²) in [5.74, 6) is 5.79. The molecule has 4 aliphatic carbocycles. The van der Waals surface area contributed by atoms with Gasteiger partial charge in [-0.15, -0.1) is 0 Å². The molecule has 4 aliphatic rings. The van der Waals surface area contributed by atoms with Crippen molar-refractivity contribution in [2.45, 2.75) is 91.1 Å². The normalized spacial score (nSPS) is 49.3. The van der Waals surface area contributed by atoms with Crippen LogP contribution in [0, 0.1) is 40.4 Å². The number of hydrogen-bond donors (Lipinski definition) is 1. The lowest BCUT2D eigenvalue weighted by molar-refractivity contribution is -0.112. The molecule has 0 aliphatic heterocycles. The van der Waals surface area contributed by atoms with Crippen LogP contribution in [0.1, 0.15) is 95.9 Å². The van der Waals surface area contributed by atoms with Crippen molar-refractivity contribution in [2.24, 2.45) is 40.4 Å². The van der Waals surface area contributed by atoms with Gasteiger partial charge in [-0.3, -0.25) is 0 Å². The van der Waals surface area contributed by atoms with Gasteiger partial charge in [0.05, 0.1) is 5.69 Å². The molecule has 0 bridgehead atoms. The highest BCUT2D eigenvalue weighted by atomic mass is 16.5. The number of hydrogen-bond acceptors (Lipinski definition) is 3. The molecule has 1 aromatic heterocycles. The first kappa shape index (κ1) is 18.2. The van der Waals surface area contributed by atoms with E-state index in [1.807, 2.05) is 6.07 Å². The maximum atomic E-state index is 9.37. The lowest BCUT2D eigenvalue weighted by Crippen LogP contribution is -2.53. The van der Waals surface area contributed by atoms with Crippen molar-refractivity contribution in [3.05, 3.63) is 17.5 Å². The van der Waals surface area contributed by atoms with Crippen molar-refractivity contribution in [3.63, 3.8) is 0 Å². The quantitative estimate of drug-likeness (QED) is 0.701. The van der Waals surface area contributed by atoms with E-state index in [1.165, 1.54) is 57.8 Å². The van der Waals surface area contributed by atoms with Gasteiger partial charge in [-0.05, 0) is 91.8 Å². The molecule has 4 saturated carbocycles. The van der Waals surface area contributed by atoms with Crippen molar-refractivity contribution >= 4 is 0 Å². The van der Waals surface area contributed by atoms with Crippen LogP contribution in [0.3, 0.4) is 0 Å². The van der Waals surface area contributed by atoms with E-state index in [0.717, 1.165) is 35.3 Å². The third kappa shape index (κ3) is 2.59. The van der Waals surface area contributed by atoms with Crippen molar-refractivity contribution < 1.29 is 9.63 Å². The lowest BCUT2D eigenvalue weighted by Gasteiger charge is -2.61. The van der Waals surface area contributed by atoms with Crippen LogP contribution in [-0.2, 0) is 6.61 Å². The maximum absolute atomic E-state index is 9.37. The summed E-state index contributed by atoms with van der Waals surface area (Å²) in [6.07, 6.45) is 12.7. The molecule has 27 heavy (non-hydrogen) atoms. The molecule has 1 heterocycles. The van der Waals surface area contributed by atoms with Gasteiger partial charge in [0.2, 0.25) is 0 Å². The fourth-order valence-electron chi connectivity index (χ4n) is 8.53. The molecule has 150 valence electrons. The van der Waals surface area contributed by atoms with Crippen LogP contribution in [0.5, 0.6) is 0 Å². The predicted octanol–water partition coefficient (Wildman–Crippen LogP) is 5.93. The summed E-state index contributed by atoms with van der Waals surface area (Å²) < 4.78 is 5.35. The third-order valence-corrected chi connectivity index (χ3v) is 10.0. The zero-order valence-corrected chi connectivity index (χ0v) is 17.4. The highest BCUT2D eigenvalue weighted by molar-refractivity contribution is 5.20. The van der Waals surface area contributed by atoms with Crippen LogP contribution in [0.15, 0.2) is 10.6 Å². The van der Waals surface area contributed by atoms with Gasteiger partial charge in [0.15, 0.2) is 5.76 Å². The Bertz CT molecular complexity index is 698. The monoisotopic (exact) mass is 371 g/mol. The second-order valence-electron chi connectivity index (χ2n) is 11.1. The Morgan fingerprint density at radius 3 is 2.59 bits per heavy atom. The van der Waals surface area contributed by atoms with Crippen LogP contribution in [0.4, 0.5) is 0 Å². The first-order valence-corrected chi connectivity index (χ1v) is 11.5. The number of nitrogens with zero attached hydrogens (tertiary/aromatic N) is 1. The Morgan fingerprint density at radius 2 is 1.81 bits per heavy atom. The van der Waals surface area contributed by atoms with Crippen LogP contribution < -0.4 is 0 Å². The van der Waals surface area contributed by atoms with Crippen molar-refractivity contribution in [1.82, 2.24) is 5.16 Å². The van der Waals surface area contributed by atoms with E-state index in [0.29, 0.717) is 22.5 Å². The molecule has 3 nitrogen and oxygen atoms in total. The van der Waals surface area contributed by atoms with Crippen molar-refractivity contribution in [2.75, 3.05) is 0 Å². The SMILES string of the molecule is CC1CCC2(C)C(CCC3C2CCC2(C)C(c4cc(CO)on4)CCC32)C1. The molecule has 3 heteroatoms. The Labute approximate surface area is 164 Å². The Balaban J connectivity index is 1.41.